The van der Waals surface area contributed by atoms with E-state index in [1.54, 1.807) is 29.9 Å². The molecular weight excluding hydrogens is 344 g/mol. The molecule has 3 heterocycles. The van der Waals surface area contributed by atoms with Gasteiger partial charge in [-0.1, -0.05) is 11.3 Å². The molecule has 0 radical (unpaired) electrons. The minimum absolute atomic E-state index is 0.149. The Morgan fingerprint density at radius 2 is 2.08 bits per heavy atom. The van der Waals surface area contributed by atoms with E-state index >= 15 is 0 Å². The average molecular weight is 366 g/mol. The summed E-state index contributed by atoms with van der Waals surface area (Å²) in [4.78, 5) is 0.172. The second-order valence-corrected chi connectivity index (χ2v) is 8.47. The van der Waals surface area contributed by atoms with E-state index in [1.807, 2.05) is 0 Å². The predicted octanol–water partition coefficient (Wildman–Crippen LogP) is 0.975. The van der Waals surface area contributed by atoms with Gasteiger partial charge in [-0.3, -0.25) is 0 Å². The lowest BCUT2D eigenvalue weighted by atomic mass is 9.84. The van der Waals surface area contributed by atoms with Crippen LogP contribution in [0.25, 0.3) is 11.0 Å². The van der Waals surface area contributed by atoms with Crippen molar-refractivity contribution in [2.24, 2.45) is 7.05 Å². The van der Waals surface area contributed by atoms with Crippen molar-refractivity contribution in [3.8, 4) is 0 Å². The quantitative estimate of drug-likeness (QED) is 0.870. The van der Waals surface area contributed by atoms with Gasteiger partial charge in [0, 0.05) is 32.9 Å². The number of aryl methyl sites for hydroxylation is 1. The molecule has 1 atom stereocenters. The van der Waals surface area contributed by atoms with Gasteiger partial charge in [0.1, 0.15) is 10.4 Å². The van der Waals surface area contributed by atoms with Crippen molar-refractivity contribution < 1.29 is 17.9 Å². The van der Waals surface area contributed by atoms with E-state index in [1.165, 1.54) is 0 Å². The summed E-state index contributed by atoms with van der Waals surface area (Å²) < 4.78 is 41.7. The van der Waals surface area contributed by atoms with E-state index in [0.717, 1.165) is 12.8 Å². The molecule has 9 heteroatoms. The molecule has 1 aromatic heterocycles. The zero-order valence-corrected chi connectivity index (χ0v) is 15.0. The van der Waals surface area contributed by atoms with Crippen LogP contribution in [-0.4, -0.2) is 54.9 Å². The number of fused-ring (bicyclic) bond motifs is 1. The van der Waals surface area contributed by atoms with Crippen molar-refractivity contribution in [2.45, 2.75) is 42.2 Å². The number of hydrogen-bond donors (Lipinski definition) is 1. The van der Waals surface area contributed by atoms with Gasteiger partial charge in [0.15, 0.2) is 0 Å². The van der Waals surface area contributed by atoms with Gasteiger partial charge in [0.25, 0.3) is 0 Å². The Morgan fingerprint density at radius 1 is 1.28 bits per heavy atom. The molecule has 1 N–H and O–H groups in total. The van der Waals surface area contributed by atoms with E-state index in [9.17, 15) is 8.42 Å². The fraction of sp³-hybridized carbons (Fsp3) is 0.625. The Balaban J connectivity index is 1.58. The molecule has 2 aromatic rings. The third kappa shape index (κ3) is 3.17. The van der Waals surface area contributed by atoms with Gasteiger partial charge in [-0.05, 0) is 37.8 Å². The monoisotopic (exact) mass is 366 g/mol. The summed E-state index contributed by atoms with van der Waals surface area (Å²) in [6, 6.07) is 4.94. The SMILES string of the molecule is Cn1nnc2c(S(=O)(=O)NC3CCOC4(CCOCC4)C3)cccc21. The van der Waals surface area contributed by atoms with E-state index in [2.05, 4.69) is 15.0 Å². The standard InChI is InChI=1S/C16H22N4O4S/c1-20-13-3-2-4-14(15(13)17-19-20)25(21,22)18-12-5-8-24-16(11-12)6-9-23-10-7-16/h2-4,12,18H,5-11H2,1H3. The second-order valence-electron chi connectivity index (χ2n) is 6.79. The molecule has 0 bridgehead atoms. The fourth-order valence-electron chi connectivity index (χ4n) is 3.75. The van der Waals surface area contributed by atoms with Crippen molar-refractivity contribution >= 4 is 21.1 Å². The van der Waals surface area contributed by atoms with Gasteiger partial charge in [-0.2, -0.15) is 0 Å². The van der Waals surface area contributed by atoms with Crippen LogP contribution >= 0.6 is 0 Å². The lowest BCUT2D eigenvalue weighted by Crippen LogP contribution is -2.50. The number of aromatic nitrogens is 3. The molecule has 4 rings (SSSR count). The number of ether oxygens (including phenoxy) is 2. The molecule has 136 valence electrons. The van der Waals surface area contributed by atoms with Gasteiger partial charge in [0.05, 0.1) is 11.1 Å². The maximum Gasteiger partial charge on any atom is 0.243 e. The Labute approximate surface area is 146 Å². The topological polar surface area (TPSA) is 95.3 Å². The van der Waals surface area contributed by atoms with Gasteiger partial charge in [0.2, 0.25) is 10.0 Å². The third-order valence-corrected chi connectivity index (χ3v) is 6.67. The number of nitrogens with zero attached hydrogens (tertiary/aromatic N) is 3. The highest BCUT2D eigenvalue weighted by atomic mass is 32.2. The third-order valence-electron chi connectivity index (χ3n) is 5.11. The first-order valence-electron chi connectivity index (χ1n) is 8.52. The van der Waals surface area contributed by atoms with Crippen LogP contribution in [0, 0.1) is 0 Å². The molecule has 0 saturated carbocycles. The van der Waals surface area contributed by atoms with Crippen LogP contribution < -0.4 is 4.72 Å². The van der Waals surface area contributed by atoms with Gasteiger partial charge >= 0.3 is 0 Å². The second kappa shape index (κ2) is 6.31. The summed E-state index contributed by atoms with van der Waals surface area (Å²) in [5.41, 5.74) is 0.823. The van der Waals surface area contributed by atoms with E-state index in [0.29, 0.717) is 43.7 Å². The van der Waals surface area contributed by atoms with Gasteiger partial charge in [-0.25, -0.2) is 17.8 Å². The van der Waals surface area contributed by atoms with E-state index in [4.69, 9.17) is 9.47 Å². The molecule has 0 aliphatic carbocycles. The fourth-order valence-corrected chi connectivity index (χ4v) is 5.18. The molecule has 2 aliphatic heterocycles. The number of hydrogen-bond acceptors (Lipinski definition) is 6. The van der Waals surface area contributed by atoms with Crippen LogP contribution in [0.5, 0.6) is 0 Å². The predicted molar refractivity (Wildman–Crippen MR) is 90.6 cm³/mol. The summed E-state index contributed by atoms with van der Waals surface area (Å²) in [5, 5.41) is 7.94. The molecular formula is C16H22N4O4S. The molecule has 1 aromatic carbocycles. The van der Waals surface area contributed by atoms with Crippen LogP contribution in [-0.2, 0) is 26.5 Å². The largest absolute Gasteiger partial charge is 0.381 e. The molecule has 2 aliphatic rings. The molecule has 0 amide bonds. The van der Waals surface area contributed by atoms with Crippen LogP contribution in [0.2, 0.25) is 0 Å². The molecule has 8 nitrogen and oxygen atoms in total. The van der Waals surface area contributed by atoms with Crippen molar-refractivity contribution in [1.29, 1.82) is 0 Å². The van der Waals surface area contributed by atoms with Crippen LogP contribution in [0.15, 0.2) is 23.1 Å². The zero-order chi connectivity index (χ0) is 17.5. The summed E-state index contributed by atoms with van der Waals surface area (Å²) in [5.74, 6) is 0. The van der Waals surface area contributed by atoms with Crippen molar-refractivity contribution in [1.82, 2.24) is 19.7 Å². The summed E-state index contributed by atoms with van der Waals surface area (Å²) in [6.45, 7) is 1.89. The molecule has 2 saturated heterocycles. The smallest absolute Gasteiger partial charge is 0.243 e. The lowest BCUT2D eigenvalue weighted by Gasteiger charge is -2.43. The Morgan fingerprint density at radius 3 is 2.88 bits per heavy atom. The first kappa shape index (κ1) is 16.9. The molecule has 1 unspecified atom stereocenters. The Kier molecular flexibility index (Phi) is 4.27. The highest BCUT2D eigenvalue weighted by molar-refractivity contribution is 7.89. The van der Waals surface area contributed by atoms with Crippen LogP contribution in [0.4, 0.5) is 0 Å². The highest BCUT2D eigenvalue weighted by Gasteiger charge is 2.40. The van der Waals surface area contributed by atoms with E-state index in [-0.39, 0.29) is 16.5 Å². The normalized spacial score (nSPS) is 24.0. The number of rotatable bonds is 3. The van der Waals surface area contributed by atoms with E-state index < -0.39 is 10.0 Å². The Bertz CT molecular complexity index is 868. The van der Waals surface area contributed by atoms with Crippen molar-refractivity contribution in [3.63, 3.8) is 0 Å². The number of nitrogens with one attached hydrogen (secondary N) is 1. The lowest BCUT2D eigenvalue weighted by molar-refractivity contribution is -0.138. The summed E-state index contributed by atoms with van der Waals surface area (Å²) in [7, 11) is -1.94. The summed E-state index contributed by atoms with van der Waals surface area (Å²) >= 11 is 0. The van der Waals surface area contributed by atoms with Gasteiger partial charge < -0.3 is 9.47 Å². The first-order valence-corrected chi connectivity index (χ1v) is 10.00. The molecule has 2 fully saturated rings. The van der Waals surface area contributed by atoms with Crippen LogP contribution in [0.1, 0.15) is 25.7 Å². The minimum atomic E-state index is -3.68. The highest BCUT2D eigenvalue weighted by Crippen LogP contribution is 2.35. The van der Waals surface area contributed by atoms with Crippen molar-refractivity contribution in [3.05, 3.63) is 18.2 Å². The summed E-state index contributed by atoms with van der Waals surface area (Å²) in [6.07, 6.45) is 2.96. The average Bonchev–Trinajstić information content (AvgIpc) is 2.96. The maximum absolute atomic E-state index is 12.9. The molecule has 25 heavy (non-hydrogen) atoms. The minimum Gasteiger partial charge on any atom is -0.381 e. The van der Waals surface area contributed by atoms with Crippen LogP contribution in [0.3, 0.4) is 0 Å². The zero-order valence-electron chi connectivity index (χ0n) is 14.1. The van der Waals surface area contributed by atoms with Gasteiger partial charge in [-0.15, -0.1) is 5.10 Å². The van der Waals surface area contributed by atoms with Crippen molar-refractivity contribution in [2.75, 3.05) is 19.8 Å². The first-order chi connectivity index (χ1) is 12.0. The molecule has 1 spiro atoms. The maximum atomic E-state index is 12.9. The Hall–Kier alpha value is -1.55. The number of benzene rings is 1. The number of sulfonamides is 1.